The fourth-order valence-corrected chi connectivity index (χ4v) is 2.01. The van der Waals surface area contributed by atoms with Crippen LogP contribution in [0.5, 0.6) is 0 Å². The van der Waals surface area contributed by atoms with Gasteiger partial charge < -0.3 is 10.2 Å². The molecule has 98 valence electrons. The van der Waals surface area contributed by atoms with Crippen molar-refractivity contribution < 1.29 is 24.8 Å². The third kappa shape index (κ3) is 2.64. The Morgan fingerprint density at radius 1 is 1.44 bits per heavy atom. The van der Waals surface area contributed by atoms with Crippen molar-refractivity contribution in [3.05, 3.63) is 34.9 Å². The van der Waals surface area contributed by atoms with Gasteiger partial charge in [0.25, 0.3) is 0 Å². The summed E-state index contributed by atoms with van der Waals surface area (Å²) in [6, 6.07) is 6.83. The van der Waals surface area contributed by atoms with Crippen LogP contribution in [0.3, 0.4) is 0 Å². The van der Waals surface area contributed by atoms with E-state index in [2.05, 4.69) is 0 Å². The highest BCUT2D eigenvalue weighted by molar-refractivity contribution is 6.30. The monoisotopic (exact) mass is 272 g/mol. The summed E-state index contributed by atoms with van der Waals surface area (Å²) in [6.45, 7) is 1.27. The second-order valence-corrected chi connectivity index (χ2v) is 4.84. The highest BCUT2D eigenvalue weighted by atomic mass is 35.5. The van der Waals surface area contributed by atoms with Gasteiger partial charge in [0.05, 0.1) is 0 Å². The van der Waals surface area contributed by atoms with Gasteiger partial charge in [-0.3, -0.25) is 4.79 Å². The van der Waals surface area contributed by atoms with Crippen LogP contribution in [-0.2, 0) is 14.6 Å². The first-order chi connectivity index (χ1) is 8.40. The third-order valence-corrected chi connectivity index (χ3v) is 3.22. The van der Waals surface area contributed by atoms with Crippen molar-refractivity contribution in [2.45, 2.75) is 25.2 Å². The number of aliphatic carboxylic acids is 1. The molecule has 18 heavy (non-hydrogen) atoms. The summed E-state index contributed by atoms with van der Waals surface area (Å²) in [6.07, 6.45) is -0.409. The van der Waals surface area contributed by atoms with Gasteiger partial charge in [-0.25, -0.2) is 4.89 Å². The minimum Gasteiger partial charge on any atom is -0.481 e. The topological polar surface area (TPSA) is 76.0 Å². The van der Waals surface area contributed by atoms with Gasteiger partial charge >= 0.3 is 5.97 Å². The highest BCUT2D eigenvalue weighted by Crippen LogP contribution is 2.38. The van der Waals surface area contributed by atoms with Crippen LogP contribution in [0.1, 0.15) is 25.0 Å². The molecule has 0 saturated carbocycles. The molecule has 0 bridgehead atoms. The number of carboxylic acids is 1. The molecule has 5 nitrogen and oxygen atoms in total. The van der Waals surface area contributed by atoms with E-state index in [1.165, 1.54) is 6.92 Å². The van der Waals surface area contributed by atoms with Gasteiger partial charge in [0, 0.05) is 5.02 Å². The summed E-state index contributed by atoms with van der Waals surface area (Å²) in [5, 5.41) is 19.4. The van der Waals surface area contributed by atoms with Crippen molar-refractivity contribution in [1.29, 1.82) is 0 Å². The lowest BCUT2D eigenvalue weighted by atomic mass is 9.90. The number of rotatable bonds is 2. The average Bonchev–Trinajstić information content (AvgIpc) is 2.29. The minimum absolute atomic E-state index is 0.129. The third-order valence-electron chi connectivity index (χ3n) is 2.97. The van der Waals surface area contributed by atoms with Gasteiger partial charge in [0.2, 0.25) is 5.79 Å². The molecule has 0 aliphatic carbocycles. The molecule has 3 atom stereocenters. The summed E-state index contributed by atoms with van der Waals surface area (Å²) >= 11 is 5.77. The van der Waals surface area contributed by atoms with E-state index in [1.807, 2.05) is 0 Å². The Labute approximate surface area is 109 Å². The first-order valence-corrected chi connectivity index (χ1v) is 5.83. The first kappa shape index (κ1) is 13.3. The largest absolute Gasteiger partial charge is 0.481 e. The minimum atomic E-state index is -1.82. The van der Waals surface area contributed by atoms with E-state index in [-0.39, 0.29) is 6.42 Å². The van der Waals surface area contributed by atoms with Crippen LogP contribution >= 0.6 is 11.6 Å². The van der Waals surface area contributed by atoms with Crippen molar-refractivity contribution in [3.63, 3.8) is 0 Å². The maximum atomic E-state index is 11.1. The summed E-state index contributed by atoms with van der Waals surface area (Å²) in [7, 11) is 0. The van der Waals surface area contributed by atoms with E-state index in [9.17, 15) is 9.90 Å². The summed E-state index contributed by atoms with van der Waals surface area (Å²) < 4.78 is 0. The predicted octanol–water partition coefficient (Wildman–Crippen LogP) is 2.14. The van der Waals surface area contributed by atoms with E-state index in [0.29, 0.717) is 5.02 Å². The number of carboxylic acid groups (broad SMARTS) is 1. The zero-order valence-corrected chi connectivity index (χ0v) is 10.4. The molecular weight excluding hydrogens is 260 g/mol. The number of hydrogen-bond acceptors (Lipinski definition) is 4. The van der Waals surface area contributed by atoms with Crippen molar-refractivity contribution in [1.82, 2.24) is 0 Å². The molecule has 0 spiro atoms. The maximum absolute atomic E-state index is 11.1. The van der Waals surface area contributed by atoms with Gasteiger partial charge in [-0.1, -0.05) is 23.7 Å². The Morgan fingerprint density at radius 3 is 2.61 bits per heavy atom. The van der Waals surface area contributed by atoms with Crippen molar-refractivity contribution in [2.75, 3.05) is 0 Å². The number of aliphatic hydroxyl groups is 1. The quantitative estimate of drug-likeness (QED) is 0.807. The Bertz CT molecular complexity index is 442. The molecule has 1 heterocycles. The van der Waals surface area contributed by atoms with E-state index in [4.69, 9.17) is 26.5 Å². The van der Waals surface area contributed by atoms with Crippen LogP contribution in [0.2, 0.25) is 5.02 Å². The van der Waals surface area contributed by atoms with Crippen LogP contribution in [-0.4, -0.2) is 22.0 Å². The van der Waals surface area contributed by atoms with E-state index >= 15 is 0 Å². The molecule has 6 heteroatoms. The van der Waals surface area contributed by atoms with Crippen molar-refractivity contribution in [2.24, 2.45) is 5.92 Å². The van der Waals surface area contributed by atoms with E-state index in [0.717, 1.165) is 5.56 Å². The Kier molecular flexibility index (Phi) is 3.59. The molecular formula is C12H13ClO5. The summed E-state index contributed by atoms with van der Waals surface area (Å²) in [5.41, 5.74) is 0.751. The molecule has 1 fully saturated rings. The van der Waals surface area contributed by atoms with Crippen molar-refractivity contribution >= 4 is 17.6 Å². The van der Waals surface area contributed by atoms with E-state index < -0.39 is 23.8 Å². The maximum Gasteiger partial charge on any atom is 0.312 e. The van der Waals surface area contributed by atoms with Gasteiger partial charge in [-0.2, -0.15) is 4.89 Å². The number of benzene rings is 1. The smallest absolute Gasteiger partial charge is 0.312 e. The predicted molar refractivity (Wildman–Crippen MR) is 62.7 cm³/mol. The molecule has 0 aromatic heterocycles. The van der Waals surface area contributed by atoms with E-state index in [1.54, 1.807) is 24.3 Å². The lowest BCUT2D eigenvalue weighted by Gasteiger charge is -2.36. The normalized spacial score (nSPS) is 32.2. The Hall–Kier alpha value is -1.14. The molecule has 2 N–H and O–H groups in total. The molecule has 2 rings (SSSR count). The van der Waals surface area contributed by atoms with Crippen LogP contribution in [0.4, 0.5) is 0 Å². The van der Waals surface area contributed by atoms with Crippen LogP contribution < -0.4 is 0 Å². The number of carbonyl (C=O) groups is 1. The zero-order valence-electron chi connectivity index (χ0n) is 9.67. The Balaban J connectivity index is 2.18. The zero-order chi connectivity index (χ0) is 13.3. The SMILES string of the molecule is CC1(O)OOC(c2ccc(Cl)cc2)CC1C(=O)O. The summed E-state index contributed by atoms with van der Waals surface area (Å²) in [5.74, 6) is -4.00. The van der Waals surface area contributed by atoms with Crippen molar-refractivity contribution in [3.8, 4) is 0 Å². The van der Waals surface area contributed by atoms with Gasteiger partial charge in [0.15, 0.2) is 0 Å². The fraction of sp³-hybridized carbons (Fsp3) is 0.417. The lowest BCUT2D eigenvalue weighted by Crippen LogP contribution is -2.46. The Morgan fingerprint density at radius 2 is 2.06 bits per heavy atom. The van der Waals surface area contributed by atoms with Crippen LogP contribution in [0.25, 0.3) is 0 Å². The van der Waals surface area contributed by atoms with Gasteiger partial charge in [-0.05, 0) is 31.0 Å². The van der Waals surface area contributed by atoms with Crippen LogP contribution in [0.15, 0.2) is 24.3 Å². The first-order valence-electron chi connectivity index (χ1n) is 5.45. The number of hydrogen-bond donors (Lipinski definition) is 2. The number of halogens is 1. The molecule has 1 saturated heterocycles. The standard InChI is InChI=1S/C12H13ClO5/c1-12(16)9(11(14)15)6-10(17-18-12)7-2-4-8(13)5-3-7/h2-5,9-10,16H,6H2,1H3,(H,14,15). The average molecular weight is 273 g/mol. The lowest BCUT2D eigenvalue weighted by molar-refractivity contribution is -0.469. The highest BCUT2D eigenvalue weighted by Gasteiger charge is 2.46. The second-order valence-electron chi connectivity index (χ2n) is 4.40. The molecule has 0 amide bonds. The molecule has 1 aliphatic rings. The van der Waals surface area contributed by atoms with Crippen LogP contribution in [0, 0.1) is 5.92 Å². The molecule has 3 unspecified atom stereocenters. The van der Waals surface area contributed by atoms with Gasteiger partial charge in [0.1, 0.15) is 12.0 Å². The summed E-state index contributed by atoms with van der Waals surface area (Å²) in [4.78, 5) is 20.9. The fourth-order valence-electron chi connectivity index (χ4n) is 1.88. The second kappa shape index (κ2) is 4.85. The molecule has 1 aromatic rings. The van der Waals surface area contributed by atoms with Gasteiger partial charge in [-0.15, -0.1) is 0 Å². The molecule has 1 aromatic carbocycles. The molecule has 1 aliphatic heterocycles. The molecule has 0 radical (unpaired) electrons.